The van der Waals surface area contributed by atoms with Crippen LogP contribution in [0.15, 0.2) is 72.8 Å². The maximum atomic E-state index is 14.2. The Balaban J connectivity index is 1.52. The van der Waals surface area contributed by atoms with E-state index in [1.54, 1.807) is 24.3 Å². The molecule has 0 unspecified atom stereocenters. The number of amides is 2. The summed E-state index contributed by atoms with van der Waals surface area (Å²) in [5.74, 6) is -2.59. The van der Waals surface area contributed by atoms with Gasteiger partial charge in [0.1, 0.15) is 0 Å². The molecular weight excluding hydrogens is 586 g/mol. The number of nitrogens with zero attached hydrogens (tertiary/aromatic N) is 1. The molecular formula is C29H23Br2NO4. The molecule has 36 heavy (non-hydrogen) atoms. The van der Waals surface area contributed by atoms with Crippen LogP contribution >= 0.6 is 31.9 Å². The summed E-state index contributed by atoms with van der Waals surface area (Å²) >= 11 is 8.01. The van der Waals surface area contributed by atoms with Gasteiger partial charge >= 0.3 is 5.97 Å². The second-order valence-electron chi connectivity index (χ2n) is 9.49. The molecule has 1 aliphatic heterocycles. The summed E-state index contributed by atoms with van der Waals surface area (Å²) in [7, 11) is 0. The number of carbonyl (C=O) groups is 3. The molecule has 0 radical (unpaired) electrons. The first-order chi connectivity index (χ1) is 17.4. The summed E-state index contributed by atoms with van der Waals surface area (Å²) in [6.45, 7) is 2.30. The Labute approximate surface area is 226 Å². The number of ether oxygens (including phenoxy) is 1. The van der Waals surface area contributed by atoms with E-state index in [1.165, 1.54) is 4.90 Å². The lowest BCUT2D eigenvalue weighted by Crippen LogP contribution is -2.56. The average Bonchev–Trinajstić information content (AvgIpc) is 3.18. The molecule has 182 valence electrons. The van der Waals surface area contributed by atoms with E-state index < -0.39 is 26.5 Å². The fraction of sp³-hybridized carbons (Fsp3) is 0.276. The number of hydrogen-bond acceptors (Lipinski definition) is 4. The van der Waals surface area contributed by atoms with Crippen molar-refractivity contribution in [3.8, 4) is 0 Å². The number of rotatable bonds is 5. The van der Waals surface area contributed by atoms with Crippen LogP contribution in [-0.2, 0) is 23.0 Å². The third kappa shape index (κ3) is 2.90. The molecule has 2 bridgehead atoms. The zero-order valence-electron chi connectivity index (χ0n) is 19.5. The number of para-hydroxylation sites is 1. The van der Waals surface area contributed by atoms with Gasteiger partial charge in [-0.3, -0.25) is 9.59 Å². The number of anilines is 1. The van der Waals surface area contributed by atoms with Crippen molar-refractivity contribution in [1.82, 2.24) is 0 Å². The van der Waals surface area contributed by atoms with Crippen LogP contribution in [0.4, 0.5) is 5.69 Å². The minimum atomic E-state index is -0.877. The molecule has 2 amide bonds. The van der Waals surface area contributed by atoms with E-state index in [0.29, 0.717) is 0 Å². The number of unbranched alkanes of at least 4 members (excludes halogenated alkanes) is 1. The molecule has 5 nitrogen and oxygen atoms in total. The van der Waals surface area contributed by atoms with E-state index in [1.807, 2.05) is 55.5 Å². The second kappa shape index (κ2) is 8.38. The Bertz CT molecular complexity index is 1310. The number of alkyl halides is 2. The monoisotopic (exact) mass is 607 g/mol. The smallest absolute Gasteiger partial charge is 0.340 e. The summed E-state index contributed by atoms with van der Waals surface area (Å²) in [6.07, 6.45) is 1.64. The van der Waals surface area contributed by atoms with E-state index in [4.69, 9.17) is 4.74 Å². The van der Waals surface area contributed by atoms with E-state index in [9.17, 15) is 14.4 Å². The summed E-state index contributed by atoms with van der Waals surface area (Å²) in [5.41, 5.74) is 4.36. The van der Waals surface area contributed by atoms with Gasteiger partial charge < -0.3 is 4.74 Å². The number of imide groups is 1. The molecule has 3 aromatic carbocycles. The van der Waals surface area contributed by atoms with Crippen LogP contribution in [0.25, 0.3) is 0 Å². The van der Waals surface area contributed by atoms with Crippen molar-refractivity contribution in [2.24, 2.45) is 11.8 Å². The highest BCUT2D eigenvalue weighted by molar-refractivity contribution is 9.10. The number of esters is 1. The Hall–Kier alpha value is -2.77. The molecule has 0 N–H and O–H groups in total. The Kier molecular flexibility index (Phi) is 5.50. The van der Waals surface area contributed by atoms with Crippen molar-refractivity contribution in [3.63, 3.8) is 0 Å². The van der Waals surface area contributed by atoms with Gasteiger partial charge in [-0.25, -0.2) is 9.69 Å². The van der Waals surface area contributed by atoms with Crippen LogP contribution in [0.1, 0.15) is 52.4 Å². The highest BCUT2D eigenvalue weighted by Crippen LogP contribution is 2.70. The minimum Gasteiger partial charge on any atom is -0.462 e. The molecule has 2 atom stereocenters. The largest absolute Gasteiger partial charge is 0.462 e. The minimum absolute atomic E-state index is 0.212. The van der Waals surface area contributed by atoms with E-state index in [-0.39, 0.29) is 29.7 Å². The predicted octanol–water partition coefficient (Wildman–Crippen LogP) is 6.05. The van der Waals surface area contributed by atoms with Gasteiger partial charge in [0, 0.05) is 0 Å². The third-order valence-corrected chi connectivity index (χ3v) is 10.4. The van der Waals surface area contributed by atoms with Gasteiger partial charge in [-0.1, -0.05) is 106 Å². The topological polar surface area (TPSA) is 63.7 Å². The van der Waals surface area contributed by atoms with Crippen LogP contribution in [0.3, 0.4) is 0 Å². The van der Waals surface area contributed by atoms with Gasteiger partial charge in [0.15, 0.2) is 0 Å². The molecule has 3 aromatic rings. The fourth-order valence-electron chi connectivity index (χ4n) is 6.13. The standard InChI is InChI=1S/C29H23Br2NO4/c1-2-3-16-36-27(35)17-10-4-9-15-22(17)32-25(33)23-24(26(32)34)29(31)19-12-6-5-11-18(19)28(23,30)20-13-7-8-14-21(20)29/h4-15,23-24H,2-3,16H2,1H3/t23-,24+,28?,29?. The maximum Gasteiger partial charge on any atom is 0.340 e. The molecule has 1 saturated heterocycles. The first-order valence-electron chi connectivity index (χ1n) is 12.1. The van der Waals surface area contributed by atoms with Gasteiger partial charge in [0.2, 0.25) is 11.8 Å². The van der Waals surface area contributed by atoms with E-state index in [2.05, 4.69) is 31.9 Å². The summed E-state index contributed by atoms with van der Waals surface area (Å²) < 4.78 is 3.69. The zero-order chi connectivity index (χ0) is 25.2. The second-order valence-corrected chi connectivity index (χ2v) is 12.0. The van der Waals surface area contributed by atoms with E-state index >= 15 is 0 Å². The highest BCUT2D eigenvalue weighted by Gasteiger charge is 2.72. The maximum absolute atomic E-state index is 14.2. The molecule has 4 aliphatic rings. The molecule has 7 rings (SSSR count). The Morgan fingerprint density at radius 2 is 1.25 bits per heavy atom. The SMILES string of the molecule is CCCCOC(=O)c1ccccc1N1C(=O)[C@@H]2[C@H](C1=O)C1(Br)c3ccccc3C2(Br)c2ccccc21. The van der Waals surface area contributed by atoms with Gasteiger partial charge in [-0.2, -0.15) is 0 Å². The predicted molar refractivity (Wildman–Crippen MR) is 143 cm³/mol. The molecule has 0 aromatic heterocycles. The lowest BCUT2D eigenvalue weighted by Gasteiger charge is -2.55. The third-order valence-electron chi connectivity index (χ3n) is 7.68. The van der Waals surface area contributed by atoms with Crippen molar-refractivity contribution in [2.75, 3.05) is 11.5 Å². The summed E-state index contributed by atoms with van der Waals surface area (Å²) in [4.78, 5) is 42.7. The summed E-state index contributed by atoms with van der Waals surface area (Å²) in [6, 6.07) is 22.6. The van der Waals surface area contributed by atoms with Gasteiger partial charge in [0.25, 0.3) is 0 Å². The van der Waals surface area contributed by atoms with Crippen LogP contribution in [0, 0.1) is 11.8 Å². The molecule has 1 fully saturated rings. The molecule has 0 spiro atoms. The molecule has 1 heterocycles. The summed E-state index contributed by atoms with van der Waals surface area (Å²) in [5, 5.41) is 0. The van der Waals surface area contributed by atoms with Crippen LogP contribution in [0.5, 0.6) is 0 Å². The average molecular weight is 609 g/mol. The van der Waals surface area contributed by atoms with Crippen LogP contribution in [0.2, 0.25) is 0 Å². The molecule has 3 aliphatic carbocycles. The first kappa shape index (κ1) is 23.6. The quantitative estimate of drug-likeness (QED) is 0.153. The number of carbonyl (C=O) groups excluding carboxylic acids is 3. The normalized spacial score (nSPS) is 27.5. The zero-order valence-corrected chi connectivity index (χ0v) is 22.7. The van der Waals surface area contributed by atoms with E-state index in [0.717, 1.165) is 35.1 Å². The molecule has 7 heteroatoms. The number of hydrogen-bond donors (Lipinski definition) is 0. The van der Waals surface area contributed by atoms with Crippen molar-refractivity contribution >= 4 is 55.3 Å². The lowest BCUT2D eigenvalue weighted by atomic mass is 9.54. The van der Waals surface area contributed by atoms with Gasteiger partial charge in [0.05, 0.1) is 38.3 Å². The molecule has 0 saturated carbocycles. The van der Waals surface area contributed by atoms with Crippen molar-refractivity contribution < 1.29 is 19.1 Å². The fourth-order valence-corrected chi connectivity index (χ4v) is 8.44. The first-order valence-corrected chi connectivity index (χ1v) is 13.7. The van der Waals surface area contributed by atoms with Gasteiger partial charge in [-0.15, -0.1) is 0 Å². The van der Waals surface area contributed by atoms with Crippen LogP contribution < -0.4 is 4.90 Å². The number of benzene rings is 3. The van der Waals surface area contributed by atoms with Gasteiger partial charge in [-0.05, 0) is 40.8 Å². The van der Waals surface area contributed by atoms with Crippen molar-refractivity contribution in [1.29, 1.82) is 0 Å². The lowest BCUT2D eigenvalue weighted by molar-refractivity contribution is -0.122. The Morgan fingerprint density at radius 1 is 0.806 bits per heavy atom. The van der Waals surface area contributed by atoms with Crippen molar-refractivity contribution in [3.05, 3.63) is 101 Å². The Morgan fingerprint density at radius 3 is 1.72 bits per heavy atom. The number of halogens is 2. The van der Waals surface area contributed by atoms with Crippen molar-refractivity contribution in [2.45, 2.75) is 28.4 Å². The highest BCUT2D eigenvalue weighted by atomic mass is 79.9. The van der Waals surface area contributed by atoms with Crippen LogP contribution in [-0.4, -0.2) is 24.4 Å².